The van der Waals surface area contributed by atoms with E-state index in [-0.39, 0.29) is 5.89 Å². The van der Waals surface area contributed by atoms with E-state index in [4.69, 9.17) is 9.26 Å². The molecule has 1 unspecified atom stereocenters. The van der Waals surface area contributed by atoms with E-state index in [1.54, 1.807) is 0 Å². The molecule has 2 N–H and O–H groups in total. The predicted molar refractivity (Wildman–Crippen MR) is 121 cm³/mol. The fourth-order valence-electron chi connectivity index (χ4n) is 3.68. The highest BCUT2D eigenvalue weighted by atomic mass is 16.5. The minimum absolute atomic E-state index is 0.171. The first-order chi connectivity index (χ1) is 15.7. The Kier molecular flexibility index (Phi) is 6.94. The fourth-order valence-corrected chi connectivity index (χ4v) is 3.68. The summed E-state index contributed by atoms with van der Waals surface area (Å²) in [4.78, 5) is 5.80. The number of benzene rings is 3. The van der Waals surface area contributed by atoms with Gasteiger partial charge >= 0.3 is 0 Å². The lowest BCUT2D eigenvalue weighted by Crippen LogP contribution is -3.07. The molecule has 1 atom stereocenters. The van der Waals surface area contributed by atoms with Crippen molar-refractivity contribution in [3.8, 4) is 5.75 Å². The van der Waals surface area contributed by atoms with Crippen LogP contribution >= 0.6 is 0 Å². The van der Waals surface area contributed by atoms with Crippen molar-refractivity contribution in [3.63, 3.8) is 0 Å². The Morgan fingerprint density at radius 1 is 0.875 bits per heavy atom. The van der Waals surface area contributed by atoms with Crippen molar-refractivity contribution in [3.05, 3.63) is 114 Å². The van der Waals surface area contributed by atoms with Gasteiger partial charge < -0.3 is 19.3 Å². The molecule has 0 spiro atoms. The summed E-state index contributed by atoms with van der Waals surface area (Å²) in [6, 6.07) is 28.6. The first-order valence-electron chi connectivity index (χ1n) is 10.8. The van der Waals surface area contributed by atoms with Crippen LogP contribution in [0.4, 0.5) is 0 Å². The van der Waals surface area contributed by atoms with Crippen LogP contribution in [0.15, 0.2) is 95.5 Å². The second-order valence-corrected chi connectivity index (χ2v) is 7.86. The van der Waals surface area contributed by atoms with Gasteiger partial charge in [-0.1, -0.05) is 84.0 Å². The summed E-state index contributed by atoms with van der Waals surface area (Å²) in [7, 11) is 2.08. The Balaban J connectivity index is 1.42. The smallest absolute Gasteiger partial charge is 0.268 e. The number of hydrogen-bond donors (Lipinski definition) is 2. The van der Waals surface area contributed by atoms with Gasteiger partial charge in [-0.25, -0.2) is 0 Å². The minimum Gasteiger partial charge on any atom is -0.493 e. The van der Waals surface area contributed by atoms with Gasteiger partial charge in [0, 0.05) is 6.42 Å². The topological polar surface area (TPSA) is 72.8 Å². The summed E-state index contributed by atoms with van der Waals surface area (Å²) in [5, 5.41) is 15.9. The van der Waals surface area contributed by atoms with Gasteiger partial charge in [-0.05, 0) is 23.3 Å². The standard InChI is InChI=1S/C26H27N3O3/c1-29(18-11-19-31-23-16-9-4-10-17-23)20-24-27-25(32-28-24)26(30,21-12-5-2-6-13-21)22-14-7-3-8-15-22/h2-10,12-17,30H,11,18-20H2,1H3/p+1. The highest BCUT2D eigenvalue weighted by Crippen LogP contribution is 2.35. The van der Waals surface area contributed by atoms with E-state index in [2.05, 4.69) is 17.2 Å². The van der Waals surface area contributed by atoms with Crippen LogP contribution < -0.4 is 9.64 Å². The zero-order valence-corrected chi connectivity index (χ0v) is 18.1. The van der Waals surface area contributed by atoms with Gasteiger partial charge in [-0.3, -0.25) is 0 Å². The molecule has 0 radical (unpaired) electrons. The number of aliphatic hydroxyl groups is 1. The van der Waals surface area contributed by atoms with Crippen LogP contribution in [-0.4, -0.2) is 35.4 Å². The molecule has 32 heavy (non-hydrogen) atoms. The third kappa shape index (κ3) is 5.04. The lowest BCUT2D eigenvalue weighted by atomic mass is 9.86. The van der Waals surface area contributed by atoms with Crippen molar-refractivity contribution in [2.24, 2.45) is 0 Å². The van der Waals surface area contributed by atoms with Crippen LogP contribution in [0.5, 0.6) is 5.75 Å². The van der Waals surface area contributed by atoms with E-state index in [1.807, 2.05) is 91.0 Å². The Labute approximate surface area is 188 Å². The number of nitrogens with one attached hydrogen (secondary N) is 1. The van der Waals surface area contributed by atoms with E-state index >= 15 is 0 Å². The molecule has 1 heterocycles. The van der Waals surface area contributed by atoms with Gasteiger partial charge in [0.25, 0.3) is 5.89 Å². The molecule has 164 valence electrons. The van der Waals surface area contributed by atoms with Crippen molar-refractivity contribution in [1.29, 1.82) is 0 Å². The molecule has 1 aromatic heterocycles. The number of para-hydroxylation sites is 1. The van der Waals surface area contributed by atoms with Crippen molar-refractivity contribution in [2.75, 3.05) is 20.2 Å². The number of quaternary nitrogens is 1. The molecule has 0 amide bonds. The molecule has 4 rings (SSSR count). The average Bonchev–Trinajstić information content (AvgIpc) is 3.32. The third-order valence-corrected chi connectivity index (χ3v) is 5.38. The Morgan fingerprint density at radius 3 is 2.03 bits per heavy atom. The molecule has 3 aromatic carbocycles. The minimum atomic E-state index is -1.51. The van der Waals surface area contributed by atoms with Crippen LogP contribution in [0, 0.1) is 0 Å². The maximum Gasteiger partial charge on any atom is 0.268 e. The summed E-state index contributed by atoms with van der Waals surface area (Å²) in [6.07, 6.45) is 0.906. The summed E-state index contributed by atoms with van der Waals surface area (Å²) >= 11 is 0. The second-order valence-electron chi connectivity index (χ2n) is 7.86. The molecule has 4 aromatic rings. The first-order valence-corrected chi connectivity index (χ1v) is 10.8. The highest BCUT2D eigenvalue weighted by Gasteiger charge is 2.39. The maximum absolute atomic E-state index is 11.7. The molecule has 0 bridgehead atoms. The van der Waals surface area contributed by atoms with Gasteiger partial charge in [0.1, 0.15) is 12.3 Å². The molecule has 6 nitrogen and oxygen atoms in total. The van der Waals surface area contributed by atoms with Crippen LogP contribution in [-0.2, 0) is 12.1 Å². The van der Waals surface area contributed by atoms with E-state index in [1.165, 1.54) is 4.90 Å². The van der Waals surface area contributed by atoms with Crippen molar-refractivity contribution < 1.29 is 19.3 Å². The van der Waals surface area contributed by atoms with Gasteiger partial charge in [-0.15, -0.1) is 0 Å². The summed E-state index contributed by atoms with van der Waals surface area (Å²) in [5.41, 5.74) is -0.147. The van der Waals surface area contributed by atoms with Crippen LogP contribution in [0.2, 0.25) is 0 Å². The lowest BCUT2D eigenvalue weighted by Gasteiger charge is -2.25. The zero-order valence-electron chi connectivity index (χ0n) is 18.1. The molecule has 0 aliphatic carbocycles. The van der Waals surface area contributed by atoms with Gasteiger partial charge in [0.2, 0.25) is 5.82 Å². The molecule has 0 fully saturated rings. The number of rotatable bonds is 10. The van der Waals surface area contributed by atoms with Crippen LogP contribution in [0.3, 0.4) is 0 Å². The van der Waals surface area contributed by atoms with Crippen LogP contribution in [0.25, 0.3) is 0 Å². The molecule has 0 aliphatic rings. The quantitative estimate of drug-likeness (QED) is 0.379. The number of ether oxygens (including phenoxy) is 1. The monoisotopic (exact) mass is 430 g/mol. The average molecular weight is 431 g/mol. The Bertz CT molecular complexity index is 1050. The van der Waals surface area contributed by atoms with Gasteiger partial charge in [-0.2, -0.15) is 4.98 Å². The summed E-state index contributed by atoms with van der Waals surface area (Å²) in [6.45, 7) is 2.15. The second kappa shape index (κ2) is 10.2. The van der Waals surface area contributed by atoms with Crippen molar-refractivity contribution in [1.82, 2.24) is 10.1 Å². The van der Waals surface area contributed by atoms with Crippen LogP contribution in [0.1, 0.15) is 29.3 Å². The number of aromatic nitrogens is 2. The molecule has 0 aliphatic heterocycles. The van der Waals surface area contributed by atoms with Gasteiger partial charge in [0.05, 0.1) is 20.2 Å². The lowest BCUT2D eigenvalue weighted by molar-refractivity contribution is -0.894. The predicted octanol–water partition coefficient (Wildman–Crippen LogP) is 2.84. The maximum atomic E-state index is 11.7. The van der Waals surface area contributed by atoms with E-state index in [0.717, 1.165) is 18.7 Å². The molecule has 0 saturated heterocycles. The number of nitrogens with zero attached hydrogens (tertiary/aromatic N) is 2. The third-order valence-electron chi connectivity index (χ3n) is 5.38. The largest absolute Gasteiger partial charge is 0.493 e. The summed E-state index contributed by atoms with van der Waals surface area (Å²) < 4.78 is 11.3. The molecular formula is C26H28N3O3+. The Hall–Kier alpha value is -3.48. The molecule has 0 saturated carbocycles. The SMILES string of the molecule is C[NH+](CCCOc1ccccc1)Cc1noc(C(O)(c2ccccc2)c2ccccc2)n1. The molecule has 6 heteroatoms. The van der Waals surface area contributed by atoms with E-state index in [0.29, 0.717) is 30.1 Å². The molecular weight excluding hydrogens is 402 g/mol. The fraction of sp³-hybridized carbons (Fsp3) is 0.231. The van der Waals surface area contributed by atoms with E-state index < -0.39 is 5.60 Å². The highest BCUT2D eigenvalue weighted by molar-refractivity contribution is 5.41. The van der Waals surface area contributed by atoms with Gasteiger partial charge in [0.15, 0.2) is 5.60 Å². The first kappa shape index (κ1) is 21.7. The normalized spacial score (nSPS) is 12.4. The Morgan fingerprint density at radius 2 is 1.44 bits per heavy atom. The van der Waals surface area contributed by atoms with E-state index in [9.17, 15) is 5.11 Å². The number of hydrogen-bond acceptors (Lipinski definition) is 5. The van der Waals surface area contributed by atoms with Crippen molar-refractivity contribution in [2.45, 2.75) is 18.6 Å². The zero-order chi connectivity index (χ0) is 22.2. The van der Waals surface area contributed by atoms with Crippen molar-refractivity contribution >= 4 is 0 Å². The summed E-state index contributed by atoms with van der Waals surface area (Å²) in [5.74, 6) is 1.62.